The first-order valence-electron chi connectivity index (χ1n) is 8.86. The lowest BCUT2D eigenvalue weighted by Gasteiger charge is -2.19. The number of rotatable bonds is 6. The number of nitrogens with zero attached hydrogens (tertiary/aromatic N) is 1. The predicted octanol–water partition coefficient (Wildman–Crippen LogP) is 3.56. The van der Waals surface area contributed by atoms with Crippen molar-refractivity contribution in [3.63, 3.8) is 0 Å². The van der Waals surface area contributed by atoms with Crippen LogP contribution in [0.3, 0.4) is 0 Å². The molecule has 0 amide bonds. The lowest BCUT2D eigenvalue weighted by atomic mass is 10.1. The van der Waals surface area contributed by atoms with Crippen molar-refractivity contribution >= 4 is 16.0 Å². The summed E-state index contributed by atoms with van der Waals surface area (Å²) in [5.41, 5.74) is 2.48. The smallest absolute Gasteiger partial charge is 0.338 e. The van der Waals surface area contributed by atoms with E-state index in [9.17, 15) is 13.2 Å². The van der Waals surface area contributed by atoms with E-state index < -0.39 is 16.0 Å². The molecule has 0 aromatic heterocycles. The number of esters is 1. The summed E-state index contributed by atoms with van der Waals surface area (Å²) in [6, 6.07) is 14.0. The molecule has 1 aliphatic carbocycles. The van der Waals surface area contributed by atoms with E-state index in [1.54, 1.807) is 26.0 Å². The van der Waals surface area contributed by atoms with Crippen LogP contribution in [-0.4, -0.2) is 31.8 Å². The quantitative estimate of drug-likeness (QED) is 0.726. The van der Waals surface area contributed by atoms with Gasteiger partial charge in [-0.25, -0.2) is 13.2 Å². The second kappa shape index (κ2) is 7.60. The van der Waals surface area contributed by atoms with Crippen LogP contribution in [0.1, 0.15) is 47.9 Å². The minimum atomic E-state index is -3.61. The lowest BCUT2D eigenvalue weighted by Crippen LogP contribution is -2.30. The largest absolute Gasteiger partial charge is 0.454 e. The Morgan fingerprint density at radius 3 is 2.58 bits per heavy atom. The molecule has 1 aliphatic rings. The van der Waals surface area contributed by atoms with Crippen molar-refractivity contribution in [3.05, 3.63) is 65.2 Å². The molecule has 0 N–H and O–H groups in total. The number of ether oxygens (including phenoxy) is 1. The summed E-state index contributed by atoms with van der Waals surface area (Å²) in [6.07, 6.45) is 1.36. The highest BCUT2D eigenvalue weighted by molar-refractivity contribution is 7.89. The van der Waals surface area contributed by atoms with Crippen molar-refractivity contribution in [1.29, 1.82) is 0 Å². The highest BCUT2D eigenvalue weighted by atomic mass is 32.2. The SMILES string of the molecule is CCN(CC)S(=O)(=O)c1cccc(C(=O)O[C@H]2CCc3ccccc32)c1. The van der Waals surface area contributed by atoms with E-state index in [1.165, 1.54) is 22.0 Å². The average Bonchev–Trinajstić information content (AvgIpc) is 3.05. The van der Waals surface area contributed by atoms with Crippen molar-refractivity contribution in [2.75, 3.05) is 13.1 Å². The van der Waals surface area contributed by atoms with Crippen LogP contribution < -0.4 is 0 Å². The molecule has 0 fully saturated rings. The average molecular weight is 373 g/mol. The van der Waals surface area contributed by atoms with Crippen LogP contribution in [0.5, 0.6) is 0 Å². The van der Waals surface area contributed by atoms with Crippen LogP contribution in [0.15, 0.2) is 53.4 Å². The third-order valence-electron chi connectivity index (χ3n) is 4.74. The normalized spacial score (nSPS) is 16.5. The molecular weight excluding hydrogens is 350 g/mol. The zero-order valence-electron chi connectivity index (χ0n) is 15.0. The monoisotopic (exact) mass is 373 g/mol. The van der Waals surface area contributed by atoms with Crippen molar-refractivity contribution < 1.29 is 17.9 Å². The van der Waals surface area contributed by atoms with Gasteiger partial charge >= 0.3 is 5.97 Å². The Kier molecular flexibility index (Phi) is 5.44. The van der Waals surface area contributed by atoms with Crippen LogP contribution in [0.25, 0.3) is 0 Å². The lowest BCUT2D eigenvalue weighted by molar-refractivity contribution is 0.0301. The molecule has 2 aromatic rings. The Morgan fingerprint density at radius 1 is 1.12 bits per heavy atom. The summed E-state index contributed by atoms with van der Waals surface area (Å²) < 4.78 is 32.3. The molecule has 6 heteroatoms. The van der Waals surface area contributed by atoms with Gasteiger partial charge in [0.15, 0.2) is 0 Å². The molecule has 5 nitrogen and oxygen atoms in total. The fourth-order valence-corrected chi connectivity index (χ4v) is 4.84. The van der Waals surface area contributed by atoms with Crippen LogP contribution in [0, 0.1) is 0 Å². The summed E-state index contributed by atoms with van der Waals surface area (Å²) >= 11 is 0. The zero-order valence-corrected chi connectivity index (χ0v) is 15.8. The summed E-state index contributed by atoms with van der Waals surface area (Å²) in [5, 5.41) is 0. The number of benzene rings is 2. The molecule has 3 rings (SSSR count). The van der Waals surface area contributed by atoms with Gasteiger partial charge in [0.1, 0.15) is 6.10 Å². The van der Waals surface area contributed by atoms with Crippen LogP contribution >= 0.6 is 0 Å². The molecule has 0 aliphatic heterocycles. The molecule has 0 bridgehead atoms. The third-order valence-corrected chi connectivity index (χ3v) is 6.79. The first-order valence-corrected chi connectivity index (χ1v) is 10.3. The Hall–Kier alpha value is -2.18. The number of carbonyl (C=O) groups excluding carboxylic acids is 1. The van der Waals surface area contributed by atoms with Gasteiger partial charge in [-0.2, -0.15) is 4.31 Å². The molecule has 0 spiro atoms. The highest BCUT2D eigenvalue weighted by Crippen LogP contribution is 2.34. The maximum absolute atomic E-state index is 12.7. The molecule has 1 atom stereocenters. The van der Waals surface area contributed by atoms with Gasteiger partial charge in [-0.05, 0) is 42.2 Å². The minimum absolute atomic E-state index is 0.113. The molecule has 138 valence electrons. The molecule has 0 saturated heterocycles. The number of fused-ring (bicyclic) bond motifs is 1. The predicted molar refractivity (Wildman–Crippen MR) is 99.5 cm³/mol. The summed E-state index contributed by atoms with van der Waals surface area (Å²) in [4.78, 5) is 12.7. The first-order chi connectivity index (χ1) is 12.5. The Morgan fingerprint density at radius 2 is 1.85 bits per heavy atom. The molecular formula is C20H23NO4S. The van der Waals surface area contributed by atoms with E-state index >= 15 is 0 Å². The Balaban J connectivity index is 1.82. The second-order valence-electron chi connectivity index (χ2n) is 6.25. The van der Waals surface area contributed by atoms with Gasteiger partial charge in [0, 0.05) is 13.1 Å². The molecule has 0 unspecified atom stereocenters. The highest BCUT2D eigenvalue weighted by Gasteiger charge is 2.27. The minimum Gasteiger partial charge on any atom is -0.454 e. The van der Waals surface area contributed by atoms with Gasteiger partial charge in [0.05, 0.1) is 10.5 Å². The zero-order chi connectivity index (χ0) is 18.7. The van der Waals surface area contributed by atoms with Gasteiger partial charge in [0.25, 0.3) is 0 Å². The Bertz CT molecular complexity index is 904. The van der Waals surface area contributed by atoms with Crippen molar-refractivity contribution in [3.8, 4) is 0 Å². The van der Waals surface area contributed by atoms with Gasteiger partial charge in [0.2, 0.25) is 10.0 Å². The summed E-state index contributed by atoms with van der Waals surface area (Å²) in [6.45, 7) is 4.34. The molecule has 26 heavy (non-hydrogen) atoms. The van der Waals surface area contributed by atoms with Crippen molar-refractivity contribution in [2.24, 2.45) is 0 Å². The van der Waals surface area contributed by atoms with Crippen LogP contribution in [-0.2, 0) is 21.2 Å². The number of aryl methyl sites for hydroxylation is 1. The van der Waals surface area contributed by atoms with E-state index in [2.05, 4.69) is 0 Å². The third kappa shape index (κ3) is 3.52. The van der Waals surface area contributed by atoms with E-state index in [1.807, 2.05) is 24.3 Å². The number of hydrogen-bond donors (Lipinski definition) is 0. The van der Waals surface area contributed by atoms with Gasteiger partial charge in [-0.1, -0.05) is 44.2 Å². The van der Waals surface area contributed by atoms with Crippen molar-refractivity contribution in [2.45, 2.75) is 37.7 Å². The first kappa shape index (κ1) is 18.6. The molecule has 2 aromatic carbocycles. The van der Waals surface area contributed by atoms with Crippen LogP contribution in [0.4, 0.5) is 0 Å². The van der Waals surface area contributed by atoms with E-state index in [0.29, 0.717) is 13.1 Å². The standard InChI is InChI=1S/C20H23NO4S/c1-3-21(4-2)26(23,24)17-10-7-9-16(14-17)20(22)25-19-13-12-15-8-5-6-11-18(15)19/h5-11,14,19H,3-4,12-13H2,1-2H3/t19-/m0/s1. The van der Waals surface area contributed by atoms with Gasteiger partial charge in [-0.15, -0.1) is 0 Å². The van der Waals surface area contributed by atoms with Gasteiger partial charge in [-0.3, -0.25) is 0 Å². The molecule has 0 saturated carbocycles. The van der Waals surface area contributed by atoms with E-state index in [0.717, 1.165) is 18.4 Å². The summed E-state index contributed by atoms with van der Waals surface area (Å²) in [5.74, 6) is -0.497. The maximum atomic E-state index is 12.7. The fraction of sp³-hybridized carbons (Fsp3) is 0.350. The molecule has 0 radical (unpaired) electrons. The van der Waals surface area contributed by atoms with Crippen molar-refractivity contribution in [1.82, 2.24) is 4.31 Å². The maximum Gasteiger partial charge on any atom is 0.338 e. The number of sulfonamides is 1. The summed E-state index contributed by atoms with van der Waals surface area (Å²) in [7, 11) is -3.61. The van der Waals surface area contributed by atoms with E-state index in [4.69, 9.17) is 4.74 Å². The second-order valence-corrected chi connectivity index (χ2v) is 8.19. The van der Waals surface area contributed by atoms with Crippen LogP contribution in [0.2, 0.25) is 0 Å². The number of carbonyl (C=O) groups is 1. The number of hydrogen-bond acceptors (Lipinski definition) is 4. The topological polar surface area (TPSA) is 63.7 Å². The van der Waals surface area contributed by atoms with Gasteiger partial charge < -0.3 is 4.74 Å². The van der Waals surface area contributed by atoms with E-state index in [-0.39, 0.29) is 16.6 Å². The molecule has 0 heterocycles. The fourth-order valence-electron chi connectivity index (χ4n) is 3.33. The Labute approximate surface area is 154 Å².